The molecule has 0 heterocycles. The first-order valence-corrected chi connectivity index (χ1v) is 4.97. The number of aliphatic carboxylic acids is 1. The minimum Gasteiger partial charge on any atom is -0.479 e. The van der Waals surface area contributed by atoms with Gasteiger partial charge in [0.2, 0.25) is 0 Å². The van der Waals surface area contributed by atoms with Crippen LogP contribution in [-0.4, -0.2) is 23.7 Å². The Balaban J connectivity index is 2.48. The third kappa shape index (κ3) is 4.52. The van der Waals surface area contributed by atoms with Gasteiger partial charge >= 0.3 is 12.0 Å². The largest absolute Gasteiger partial charge is 0.479 e. The van der Waals surface area contributed by atoms with Crippen LogP contribution in [0, 0.1) is 13.8 Å². The van der Waals surface area contributed by atoms with Crippen molar-refractivity contribution < 1.29 is 19.5 Å². The van der Waals surface area contributed by atoms with Crippen molar-refractivity contribution in [2.24, 2.45) is 0 Å². The minimum atomic E-state index is -1.16. The molecule has 0 saturated carbocycles. The molecule has 0 atom stereocenters. The lowest BCUT2D eigenvalue weighted by Gasteiger charge is -2.09. The number of urea groups is 1. The highest BCUT2D eigenvalue weighted by molar-refractivity contribution is 5.89. The van der Waals surface area contributed by atoms with Gasteiger partial charge in [0.25, 0.3) is 0 Å². The van der Waals surface area contributed by atoms with Gasteiger partial charge in [-0.25, -0.2) is 15.1 Å². The number of carboxylic acids is 1. The number of hydrogen-bond donors (Lipinski definition) is 3. The second-order valence-corrected chi connectivity index (χ2v) is 3.56. The number of carbonyl (C=O) groups excluding carboxylic acids is 1. The maximum Gasteiger partial charge on any atom is 0.343 e. The average molecular weight is 238 g/mol. The van der Waals surface area contributed by atoms with Crippen molar-refractivity contribution in [2.75, 3.05) is 11.9 Å². The fraction of sp³-hybridized carbons (Fsp3) is 0.273. The molecule has 17 heavy (non-hydrogen) atoms. The number of aryl methyl sites for hydroxylation is 2. The van der Waals surface area contributed by atoms with Gasteiger partial charge < -0.3 is 10.4 Å². The van der Waals surface area contributed by atoms with Crippen molar-refractivity contribution in [1.29, 1.82) is 0 Å². The molecule has 3 N–H and O–H groups in total. The molecule has 0 aliphatic carbocycles. The van der Waals surface area contributed by atoms with E-state index < -0.39 is 18.6 Å². The quantitative estimate of drug-likeness (QED) is 0.692. The zero-order valence-electron chi connectivity index (χ0n) is 9.61. The zero-order valence-corrected chi connectivity index (χ0v) is 9.61. The van der Waals surface area contributed by atoms with E-state index in [0.29, 0.717) is 5.69 Å². The van der Waals surface area contributed by atoms with Crippen LogP contribution in [0.5, 0.6) is 0 Å². The first-order valence-electron chi connectivity index (χ1n) is 4.97. The van der Waals surface area contributed by atoms with E-state index in [1.165, 1.54) is 0 Å². The Bertz CT molecular complexity index is 431. The van der Waals surface area contributed by atoms with Crippen LogP contribution in [0.15, 0.2) is 18.2 Å². The van der Waals surface area contributed by atoms with E-state index in [2.05, 4.69) is 10.2 Å². The first kappa shape index (κ1) is 13.0. The molecular formula is C11H14N2O4. The summed E-state index contributed by atoms with van der Waals surface area (Å²) in [6, 6.07) is 4.94. The van der Waals surface area contributed by atoms with Crippen LogP contribution < -0.4 is 10.8 Å². The molecule has 0 radical (unpaired) electrons. The Hall–Kier alpha value is -2.08. The minimum absolute atomic E-state index is 0.583. The van der Waals surface area contributed by atoms with Gasteiger partial charge in [-0.2, -0.15) is 0 Å². The maximum absolute atomic E-state index is 11.3. The van der Waals surface area contributed by atoms with Gasteiger partial charge in [-0.15, -0.1) is 0 Å². The Morgan fingerprint density at radius 2 is 2.06 bits per heavy atom. The van der Waals surface area contributed by atoms with Gasteiger partial charge in [-0.05, 0) is 25.5 Å². The van der Waals surface area contributed by atoms with Crippen LogP contribution in [0.25, 0.3) is 0 Å². The van der Waals surface area contributed by atoms with Gasteiger partial charge in [0.05, 0.1) is 0 Å². The van der Waals surface area contributed by atoms with Crippen LogP contribution in [-0.2, 0) is 9.63 Å². The number of carboxylic acid groups (broad SMARTS) is 1. The van der Waals surface area contributed by atoms with E-state index in [4.69, 9.17) is 5.11 Å². The van der Waals surface area contributed by atoms with Crippen molar-refractivity contribution in [3.63, 3.8) is 0 Å². The molecule has 0 aromatic heterocycles. The van der Waals surface area contributed by atoms with E-state index in [0.717, 1.165) is 11.1 Å². The molecule has 0 fully saturated rings. The fourth-order valence-electron chi connectivity index (χ4n) is 1.27. The lowest BCUT2D eigenvalue weighted by Crippen LogP contribution is -2.31. The molecule has 6 heteroatoms. The summed E-state index contributed by atoms with van der Waals surface area (Å²) in [5, 5.41) is 10.8. The normalized spacial score (nSPS) is 9.76. The summed E-state index contributed by atoms with van der Waals surface area (Å²) in [4.78, 5) is 25.9. The lowest BCUT2D eigenvalue weighted by molar-refractivity contribution is -0.143. The summed E-state index contributed by atoms with van der Waals surface area (Å²) in [6.07, 6.45) is 0. The molecule has 0 aliphatic rings. The van der Waals surface area contributed by atoms with E-state index in [1.807, 2.05) is 31.5 Å². The molecule has 2 amide bonds. The number of carbonyl (C=O) groups is 2. The van der Waals surface area contributed by atoms with Gasteiger partial charge in [-0.3, -0.25) is 4.84 Å². The van der Waals surface area contributed by atoms with Crippen molar-refractivity contribution in [3.8, 4) is 0 Å². The van der Waals surface area contributed by atoms with Crippen LogP contribution in [0.3, 0.4) is 0 Å². The Morgan fingerprint density at radius 1 is 1.35 bits per heavy atom. The van der Waals surface area contributed by atoms with Gasteiger partial charge in [0, 0.05) is 5.69 Å². The number of benzene rings is 1. The highest BCUT2D eigenvalue weighted by Crippen LogP contribution is 2.15. The standard InChI is InChI=1S/C11H14N2O4/c1-7-3-4-9(8(2)5-7)12-11(16)13-17-6-10(14)15/h3-5H,6H2,1-2H3,(H,14,15)(H2,12,13,16). The predicted octanol–water partition coefficient (Wildman–Crippen LogP) is 1.44. The number of anilines is 1. The zero-order chi connectivity index (χ0) is 12.8. The van der Waals surface area contributed by atoms with E-state index in [1.54, 1.807) is 6.07 Å². The van der Waals surface area contributed by atoms with E-state index >= 15 is 0 Å². The summed E-state index contributed by atoms with van der Waals surface area (Å²) in [5.41, 5.74) is 4.63. The second kappa shape index (κ2) is 5.86. The Labute approximate surface area is 98.5 Å². The highest BCUT2D eigenvalue weighted by atomic mass is 16.7. The first-order chi connectivity index (χ1) is 7.99. The smallest absolute Gasteiger partial charge is 0.343 e. The van der Waals surface area contributed by atoms with Crippen LogP contribution >= 0.6 is 0 Å². The molecule has 1 aromatic carbocycles. The van der Waals surface area contributed by atoms with E-state index in [-0.39, 0.29) is 0 Å². The van der Waals surface area contributed by atoms with E-state index in [9.17, 15) is 9.59 Å². The van der Waals surface area contributed by atoms with Crippen LogP contribution in [0.2, 0.25) is 0 Å². The third-order valence-corrected chi connectivity index (χ3v) is 1.99. The van der Waals surface area contributed by atoms with Crippen LogP contribution in [0.1, 0.15) is 11.1 Å². The van der Waals surface area contributed by atoms with Crippen LogP contribution in [0.4, 0.5) is 10.5 Å². The van der Waals surface area contributed by atoms with Gasteiger partial charge in [0.1, 0.15) is 0 Å². The molecule has 0 saturated heterocycles. The number of hydrogen-bond acceptors (Lipinski definition) is 3. The fourth-order valence-corrected chi connectivity index (χ4v) is 1.27. The Morgan fingerprint density at radius 3 is 2.65 bits per heavy atom. The molecule has 0 spiro atoms. The topological polar surface area (TPSA) is 87.7 Å². The summed E-state index contributed by atoms with van der Waals surface area (Å²) in [5.74, 6) is -1.16. The predicted molar refractivity (Wildman–Crippen MR) is 61.7 cm³/mol. The molecule has 0 aliphatic heterocycles. The highest BCUT2D eigenvalue weighted by Gasteiger charge is 2.05. The molecule has 6 nitrogen and oxygen atoms in total. The van der Waals surface area contributed by atoms with Crippen molar-refractivity contribution in [3.05, 3.63) is 29.3 Å². The number of hydroxylamine groups is 1. The molecule has 1 aromatic rings. The molecular weight excluding hydrogens is 224 g/mol. The van der Waals surface area contributed by atoms with Gasteiger partial charge in [0.15, 0.2) is 6.61 Å². The van der Waals surface area contributed by atoms with Crippen molar-refractivity contribution >= 4 is 17.7 Å². The molecule has 92 valence electrons. The summed E-state index contributed by atoms with van der Waals surface area (Å²) in [6.45, 7) is 3.23. The van der Waals surface area contributed by atoms with Crippen molar-refractivity contribution in [1.82, 2.24) is 5.48 Å². The summed E-state index contributed by atoms with van der Waals surface area (Å²) < 4.78 is 0. The lowest BCUT2D eigenvalue weighted by atomic mass is 10.1. The second-order valence-electron chi connectivity index (χ2n) is 3.56. The summed E-state index contributed by atoms with van der Waals surface area (Å²) in [7, 11) is 0. The molecule has 1 rings (SSSR count). The van der Waals surface area contributed by atoms with Crippen molar-refractivity contribution in [2.45, 2.75) is 13.8 Å². The maximum atomic E-state index is 11.3. The monoisotopic (exact) mass is 238 g/mol. The summed E-state index contributed by atoms with van der Waals surface area (Å²) >= 11 is 0. The molecule has 0 bridgehead atoms. The Kier molecular flexibility index (Phi) is 4.47. The molecule has 0 unspecified atom stereocenters. The van der Waals surface area contributed by atoms with Gasteiger partial charge in [-0.1, -0.05) is 17.7 Å². The third-order valence-electron chi connectivity index (χ3n) is 1.99. The number of rotatable bonds is 4. The number of nitrogens with one attached hydrogen (secondary N) is 2. The SMILES string of the molecule is Cc1ccc(NC(=O)NOCC(=O)O)c(C)c1. The number of amides is 2. The average Bonchev–Trinajstić information content (AvgIpc) is 2.21.